The largest absolute Gasteiger partial charge is 0.0683 e. The molecule has 0 aliphatic rings. The molecule has 0 aliphatic carbocycles. The number of fused-ring (bicyclic) bond motifs is 1. The molecule has 3 aromatic rings. The molecule has 0 bridgehead atoms. The average Bonchev–Trinajstić information content (AvgIpc) is 2.92. The molecule has 0 N–H and O–H groups in total. The van der Waals surface area contributed by atoms with Crippen molar-refractivity contribution in [3.8, 4) is 0 Å². The second kappa shape index (κ2) is 52.1. The van der Waals surface area contributed by atoms with Gasteiger partial charge in [-0.3, -0.25) is 0 Å². The van der Waals surface area contributed by atoms with Crippen LogP contribution in [0.2, 0.25) is 0 Å². The Morgan fingerprint density at radius 2 is 0.545 bits per heavy atom. The predicted molar refractivity (Wildman–Crippen MR) is 164 cm³/mol. The zero-order valence-electron chi connectivity index (χ0n) is 25.4. The fraction of sp³-hybridized carbons (Fsp3) is 0.515. The van der Waals surface area contributed by atoms with Crippen molar-refractivity contribution in [2.24, 2.45) is 0 Å². The summed E-state index contributed by atoms with van der Waals surface area (Å²) in [4.78, 5) is 0. The van der Waals surface area contributed by atoms with Gasteiger partial charge in [0.05, 0.1) is 0 Å². The Kier molecular flexibility index (Phi) is 70.3. The predicted octanol–water partition coefficient (Wildman–Crippen LogP) is 12.8. The third-order valence-corrected chi connectivity index (χ3v) is 2.60. The molecule has 0 heteroatoms. The summed E-state index contributed by atoms with van der Waals surface area (Å²) in [6.45, 7) is 30.6. The van der Waals surface area contributed by atoms with Crippen LogP contribution in [0.4, 0.5) is 0 Å². The van der Waals surface area contributed by atoms with E-state index in [2.05, 4.69) is 95.3 Å². The molecule has 0 radical (unpaired) electrons. The zero-order valence-corrected chi connectivity index (χ0v) is 25.4. The van der Waals surface area contributed by atoms with Crippen LogP contribution in [-0.2, 0) is 0 Å². The lowest BCUT2D eigenvalue weighted by atomic mass is 10.1. The molecule has 0 nitrogen and oxygen atoms in total. The highest BCUT2D eigenvalue weighted by molar-refractivity contribution is 5.81. The molecule has 0 fully saturated rings. The van der Waals surface area contributed by atoms with E-state index >= 15 is 0 Å². The topological polar surface area (TPSA) is 0 Å². The van der Waals surface area contributed by atoms with E-state index in [0.29, 0.717) is 0 Å². The summed E-state index contributed by atoms with van der Waals surface area (Å²) in [5.74, 6) is 0. The van der Waals surface area contributed by atoms with Crippen LogP contribution in [-0.4, -0.2) is 0 Å². The molecule has 3 aromatic carbocycles. The first kappa shape index (κ1) is 44.6. The van der Waals surface area contributed by atoms with Crippen LogP contribution < -0.4 is 0 Å². The molecule has 0 amide bonds. The van der Waals surface area contributed by atoms with Crippen molar-refractivity contribution in [2.75, 3.05) is 0 Å². The van der Waals surface area contributed by atoms with Gasteiger partial charge in [0.1, 0.15) is 0 Å². The Labute approximate surface area is 211 Å². The van der Waals surface area contributed by atoms with Gasteiger partial charge in [0.25, 0.3) is 0 Å². The number of aryl methyl sites for hydroxylation is 1. The summed E-state index contributed by atoms with van der Waals surface area (Å²) in [5.41, 5.74) is 1.32. The van der Waals surface area contributed by atoms with Crippen molar-refractivity contribution in [3.63, 3.8) is 0 Å². The van der Waals surface area contributed by atoms with Crippen LogP contribution in [0.1, 0.15) is 115 Å². The Morgan fingerprint density at radius 1 is 0.364 bits per heavy atom. The fourth-order valence-electron chi connectivity index (χ4n) is 1.67. The molecule has 194 valence electrons. The standard InChI is InChI=1S/C10H8.C7H8.2C3H8.5C2H6/c1-2-6-10-8-4-3-7-9(10)5-1;1-7-5-3-2-4-6-7;2*1-3-2;5*1-2/h1-8H;2-6H,1H3;2*3H2,1-2H3;5*1-2H3. The third kappa shape index (κ3) is 40.8. The maximum Gasteiger partial charge on any atom is -0.0184 e. The van der Waals surface area contributed by atoms with Gasteiger partial charge in [-0.15, -0.1) is 0 Å². The van der Waals surface area contributed by atoms with Crippen molar-refractivity contribution < 1.29 is 0 Å². The van der Waals surface area contributed by atoms with Crippen molar-refractivity contribution >= 4 is 10.8 Å². The van der Waals surface area contributed by atoms with Crippen molar-refractivity contribution in [1.82, 2.24) is 0 Å². The maximum absolute atomic E-state index is 2.12. The molecule has 3 rings (SSSR count). The van der Waals surface area contributed by atoms with Gasteiger partial charge in [-0.2, -0.15) is 0 Å². The summed E-state index contributed by atoms with van der Waals surface area (Å²) >= 11 is 0. The highest BCUT2D eigenvalue weighted by Gasteiger charge is 1.85. The van der Waals surface area contributed by atoms with Crippen LogP contribution in [0.3, 0.4) is 0 Å². The number of hydrogen-bond acceptors (Lipinski definition) is 0. The highest BCUT2D eigenvalue weighted by Crippen LogP contribution is 2.11. The van der Waals surface area contributed by atoms with Gasteiger partial charge in [0.15, 0.2) is 0 Å². The molecule has 0 spiro atoms. The molecular weight excluding hydrogens is 396 g/mol. The molecule has 0 aliphatic heterocycles. The molecule has 33 heavy (non-hydrogen) atoms. The van der Waals surface area contributed by atoms with E-state index in [0.717, 1.165) is 0 Å². The van der Waals surface area contributed by atoms with Gasteiger partial charge < -0.3 is 0 Å². The van der Waals surface area contributed by atoms with Gasteiger partial charge >= 0.3 is 0 Å². The molecule has 0 heterocycles. The molecule has 0 unspecified atom stereocenters. The van der Waals surface area contributed by atoms with E-state index in [1.54, 1.807) is 0 Å². The zero-order chi connectivity index (χ0) is 27.3. The van der Waals surface area contributed by atoms with E-state index in [1.165, 1.54) is 29.2 Å². The van der Waals surface area contributed by atoms with Crippen molar-refractivity contribution in [1.29, 1.82) is 0 Å². The SMILES string of the molecule is CC.CC.CC.CC.CC.CCC.CCC.Cc1ccccc1.c1ccc2ccccc2c1. The minimum Gasteiger partial charge on any atom is -0.0683 e. The molecule has 0 aromatic heterocycles. The lowest BCUT2D eigenvalue weighted by Crippen LogP contribution is -1.67. The van der Waals surface area contributed by atoms with Crippen LogP contribution in [0.15, 0.2) is 78.9 Å². The Hall–Kier alpha value is -2.08. The van der Waals surface area contributed by atoms with E-state index < -0.39 is 0 Å². The minimum absolute atomic E-state index is 1.25. The summed E-state index contributed by atoms with van der Waals surface area (Å²) in [7, 11) is 0. The summed E-state index contributed by atoms with van der Waals surface area (Å²) < 4.78 is 0. The van der Waals surface area contributed by atoms with E-state index in [4.69, 9.17) is 0 Å². The Morgan fingerprint density at radius 3 is 0.697 bits per heavy atom. The number of rotatable bonds is 0. The quantitative estimate of drug-likeness (QED) is 0.314. The second-order valence-electron chi connectivity index (χ2n) is 5.42. The van der Waals surface area contributed by atoms with E-state index in [9.17, 15) is 0 Å². The van der Waals surface area contributed by atoms with Gasteiger partial charge in [0, 0.05) is 0 Å². The smallest absolute Gasteiger partial charge is 0.0184 e. The molecule has 0 saturated heterocycles. The van der Waals surface area contributed by atoms with Crippen LogP contribution in [0.5, 0.6) is 0 Å². The van der Waals surface area contributed by atoms with Gasteiger partial charge in [-0.1, -0.05) is 194 Å². The summed E-state index contributed by atoms with van der Waals surface area (Å²) in [6.07, 6.45) is 2.50. The first-order valence-corrected chi connectivity index (χ1v) is 13.6. The third-order valence-electron chi connectivity index (χ3n) is 2.60. The van der Waals surface area contributed by atoms with Gasteiger partial charge in [-0.05, 0) is 17.7 Å². The lowest BCUT2D eigenvalue weighted by Gasteiger charge is -1.92. The minimum atomic E-state index is 1.25. The maximum atomic E-state index is 2.12. The lowest BCUT2D eigenvalue weighted by molar-refractivity contribution is 1.09. The summed E-state index contributed by atoms with van der Waals surface area (Å²) in [6, 6.07) is 27.0. The molecule has 0 atom stereocenters. The normalized spacial score (nSPS) is 6.88. The number of benzene rings is 3. The Balaban J connectivity index is -0.0000000703. The Bertz CT molecular complexity index is 529. The average molecular weight is 459 g/mol. The monoisotopic (exact) mass is 458 g/mol. The summed E-state index contributed by atoms with van der Waals surface area (Å²) in [5, 5.41) is 2.62. The van der Waals surface area contributed by atoms with E-state index in [1.807, 2.05) is 87.4 Å². The first-order chi connectivity index (χ1) is 16.2. The van der Waals surface area contributed by atoms with Crippen LogP contribution >= 0.6 is 0 Å². The molecular formula is C33H62. The fourth-order valence-corrected chi connectivity index (χ4v) is 1.67. The van der Waals surface area contributed by atoms with Crippen LogP contribution in [0, 0.1) is 6.92 Å². The number of hydrogen-bond donors (Lipinski definition) is 0. The van der Waals surface area contributed by atoms with Gasteiger partial charge in [-0.25, -0.2) is 0 Å². The molecule has 0 saturated carbocycles. The van der Waals surface area contributed by atoms with Crippen molar-refractivity contribution in [3.05, 3.63) is 84.4 Å². The highest BCUT2D eigenvalue weighted by atomic mass is 13.9. The van der Waals surface area contributed by atoms with E-state index in [-0.39, 0.29) is 0 Å². The second-order valence-corrected chi connectivity index (χ2v) is 5.42. The van der Waals surface area contributed by atoms with Crippen molar-refractivity contribution in [2.45, 2.75) is 117 Å². The van der Waals surface area contributed by atoms with Crippen LogP contribution in [0.25, 0.3) is 10.8 Å². The first-order valence-electron chi connectivity index (χ1n) is 13.6. The van der Waals surface area contributed by atoms with Gasteiger partial charge in [0.2, 0.25) is 0 Å².